The fourth-order valence-electron chi connectivity index (χ4n) is 3.94. The van der Waals surface area contributed by atoms with Crippen molar-refractivity contribution in [3.05, 3.63) is 100 Å². The van der Waals surface area contributed by atoms with Crippen molar-refractivity contribution in [3.63, 3.8) is 0 Å². The van der Waals surface area contributed by atoms with Crippen LogP contribution < -0.4 is 5.32 Å². The van der Waals surface area contributed by atoms with Gasteiger partial charge in [-0.1, -0.05) is 72.6 Å². The van der Waals surface area contributed by atoms with E-state index in [4.69, 9.17) is 11.6 Å². The highest BCUT2D eigenvalue weighted by Gasteiger charge is 2.15. The molecule has 32 heavy (non-hydrogen) atoms. The first-order valence-electron chi connectivity index (χ1n) is 10.8. The maximum Gasteiger partial charge on any atom is 0.118 e. The number of benzene rings is 3. The van der Waals surface area contributed by atoms with Crippen LogP contribution in [-0.4, -0.2) is 15.9 Å². The van der Waals surface area contributed by atoms with Crippen molar-refractivity contribution in [2.24, 2.45) is 5.16 Å². The second kappa shape index (κ2) is 9.84. The Morgan fingerprint density at radius 3 is 2.59 bits per heavy atom. The third kappa shape index (κ3) is 4.61. The fourth-order valence-corrected chi connectivity index (χ4v) is 4.21. The van der Waals surface area contributed by atoms with Gasteiger partial charge in [0, 0.05) is 33.8 Å². The lowest BCUT2D eigenvalue weighted by Crippen LogP contribution is -2.07. The van der Waals surface area contributed by atoms with E-state index in [1.54, 1.807) is 6.20 Å². The Bertz CT molecular complexity index is 1280. The lowest BCUT2D eigenvalue weighted by atomic mass is 9.95. The summed E-state index contributed by atoms with van der Waals surface area (Å²) in [5.41, 5.74) is 6.11. The molecule has 0 bridgehead atoms. The van der Waals surface area contributed by atoms with Gasteiger partial charge in [0.25, 0.3) is 0 Å². The van der Waals surface area contributed by atoms with Crippen LogP contribution in [0.4, 0.5) is 11.4 Å². The van der Waals surface area contributed by atoms with Gasteiger partial charge in [0.15, 0.2) is 0 Å². The van der Waals surface area contributed by atoms with E-state index in [1.165, 1.54) is 5.56 Å². The highest BCUT2D eigenvalue weighted by Crippen LogP contribution is 2.29. The summed E-state index contributed by atoms with van der Waals surface area (Å²) in [7, 11) is 0. The van der Waals surface area contributed by atoms with Crippen LogP contribution in [0.15, 0.2) is 78.2 Å². The van der Waals surface area contributed by atoms with Crippen LogP contribution in [-0.2, 0) is 6.42 Å². The Kier molecular flexibility index (Phi) is 6.72. The molecule has 4 rings (SSSR count). The zero-order chi connectivity index (χ0) is 22.5. The van der Waals surface area contributed by atoms with Crippen LogP contribution in [0.1, 0.15) is 42.0 Å². The summed E-state index contributed by atoms with van der Waals surface area (Å²) in [6.45, 7) is 4.22. The summed E-state index contributed by atoms with van der Waals surface area (Å²) in [4.78, 5) is 4.32. The normalized spacial score (nSPS) is 11.7. The molecule has 1 heterocycles. The third-order valence-corrected chi connectivity index (χ3v) is 5.95. The molecule has 0 spiro atoms. The molecule has 0 aliphatic carbocycles. The quantitative estimate of drug-likeness (QED) is 0.176. The van der Waals surface area contributed by atoms with Gasteiger partial charge in [-0.3, -0.25) is 4.98 Å². The molecule has 2 N–H and O–H groups in total. The molecule has 0 atom stereocenters. The standard InChI is InChI=1S/C27H26ClN3O/c1-3-4-7-19-10-12-22(18(2)14-19)27(31-32)24-13-11-21(15-25(24)28)30-26-17-29-16-20-8-5-6-9-23(20)26/h5-6,8-17,30,32H,3-4,7H2,1-2H3. The number of hydrogen-bond donors (Lipinski definition) is 2. The van der Waals surface area contributed by atoms with Crippen LogP contribution in [0.5, 0.6) is 0 Å². The number of halogens is 1. The van der Waals surface area contributed by atoms with E-state index in [0.29, 0.717) is 16.3 Å². The van der Waals surface area contributed by atoms with Gasteiger partial charge in [-0.05, 0) is 49.1 Å². The molecule has 4 aromatic rings. The summed E-state index contributed by atoms with van der Waals surface area (Å²) < 4.78 is 0. The van der Waals surface area contributed by atoms with Gasteiger partial charge in [0.2, 0.25) is 0 Å². The van der Waals surface area contributed by atoms with Gasteiger partial charge in [-0.2, -0.15) is 0 Å². The van der Waals surface area contributed by atoms with Gasteiger partial charge in [-0.15, -0.1) is 0 Å². The minimum absolute atomic E-state index is 0.466. The smallest absolute Gasteiger partial charge is 0.118 e. The third-order valence-electron chi connectivity index (χ3n) is 5.64. The number of aryl methyl sites for hydroxylation is 2. The fraction of sp³-hybridized carbons (Fsp3) is 0.185. The van der Waals surface area contributed by atoms with Crippen molar-refractivity contribution in [2.45, 2.75) is 33.1 Å². The Hall–Kier alpha value is -3.37. The molecule has 0 saturated carbocycles. The second-order valence-corrected chi connectivity index (χ2v) is 8.34. The summed E-state index contributed by atoms with van der Waals surface area (Å²) in [5.74, 6) is 0. The topological polar surface area (TPSA) is 57.5 Å². The van der Waals surface area contributed by atoms with Crippen molar-refractivity contribution in [2.75, 3.05) is 5.32 Å². The molecule has 0 unspecified atom stereocenters. The molecular weight excluding hydrogens is 418 g/mol. The predicted molar refractivity (Wildman–Crippen MR) is 134 cm³/mol. The summed E-state index contributed by atoms with van der Waals surface area (Å²) in [5, 5.41) is 19.5. The van der Waals surface area contributed by atoms with Gasteiger partial charge in [0.05, 0.1) is 16.9 Å². The Balaban J connectivity index is 1.62. The first-order chi connectivity index (χ1) is 15.6. The molecule has 0 amide bonds. The van der Waals surface area contributed by atoms with E-state index in [1.807, 2.05) is 55.6 Å². The number of rotatable bonds is 7. The van der Waals surface area contributed by atoms with Gasteiger partial charge < -0.3 is 10.5 Å². The first kappa shape index (κ1) is 21.8. The molecule has 0 aliphatic heterocycles. The average molecular weight is 444 g/mol. The maximum atomic E-state index is 9.82. The number of nitrogens with zero attached hydrogens (tertiary/aromatic N) is 2. The molecular formula is C27H26ClN3O. The van der Waals surface area contributed by atoms with Crippen molar-refractivity contribution >= 4 is 39.5 Å². The molecule has 3 aromatic carbocycles. The molecule has 0 aliphatic rings. The molecule has 0 radical (unpaired) electrons. The molecule has 1 aromatic heterocycles. The largest absolute Gasteiger partial charge is 0.410 e. The first-order valence-corrected chi connectivity index (χ1v) is 11.2. The molecule has 162 valence electrons. The lowest BCUT2D eigenvalue weighted by molar-refractivity contribution is 0.319. The number of fused-ring (bicyclic) bond motifs is 1. The monoisotopic (exact) mass is 443 g/mol. The lowest BCUT2D eigenvalue weighted by Gasteiger charge is -2.14. The van der Waals surface area contributed by atoms with Crippen LogP contribution in [0.25, 0.3) is 10.8 Å². The van der Waals surface area contributed by atoms with E-state index in [0.717, 1.165) is 52.5 Å². The number of pyridine rings is 1. The van der Waals surface area contributed by atoms with Crippen molar-refractivity contribution in [3.8, 4) is 0 Å². The zero-order valence-electron chi connectivity index (χ0n) is 18.3. The Morgan fingerprint density at radius 1 is 1.03 bits per heavy atom. The second-order valence-electron chi connectivity index (χ2n) is 7.93. The van der Waals surface area contributed by atoms with Crippen LogP contribution in [0.2, 0.25) is 5.02 Å². The highest BCUT2D eigenvalue weighted by atomic mass is 35.5. The number of nitrogens with one attached hydrogen (secondary N) is 1. The number of oxime groups is 1. The Labute approximate surface area is 193 Å². The zero-order valence-corrected chi connectivity index (χ0v) is 19.0. The minimum Gasteiger partial charge on any atom is -0.410 e. The van der Waals surface area contributed by atoms with E-state index in [2.05, 4.69) is 40.6 Å². The van der Waals surface area contributed by atoms with Crippen molar-refractivity contribution < 1.29 is 5.21 Å². The molecule has 0 fully saturated rings. The van der Waals surface area contributed by atoms with E-state index in [-0.39, 0.29) is 0 Å². The highest BCUT2D eigenvalue weighted by molar-refractivity contribution is 6.35. The summed E-state index contributed by atoms with van der Waals surface area (Å²) >= 11 is 6.64. The SMILES string of the molecule is CCCCc1ccc(C(=NO)c2ccc(Nc3cncc4ccccc34)cc2Cl)c(C)c1. The number of aromatic nitrogens is 1. The minimum atomic E-state index is 0.466. The molecule has 4 nitrogen and oxygen atoms in total. The summed E-state index contributed by atoms with van der Waals surface area (Å²) in [6.07, 6.45) is 7.01. The summed E-state index contributed by atoms with van der Waals surface area (Å²) in [6, 6.07) is 20.0. The average Bonchev–Trinajstić information content (AvgIpc) is 2.81. The number of hydrogen-bond acceptors (Lipinski definition) is 4. The van der Waals surface area contributed by atoms with Crippen LogP contribution in [0, 0.1) is 6.92 Å². The molecule has 5 heteroatoms. The van der Waals surface area contributed by atoms with Gasteiger partial charge in [-0.25, -0.2) is 0 Å². The number of unbranched alkanes of at least 4 members (excludes halogenated alkanes) is 1. The van der Waals surface area contributed by atoms with E-state index >= 15 is 0 Å². The van der Waals surface area contributed by atoms with Gasteiger partial charge in [0.1, 0.15) is 5.71 Å². The van der Waals surface area contributed by atoms with Crippen LogP contribution in [0.3, 0.4) is 0 Å². The maximum absolute atomic E-state index is 9.82. The van der Waals surface area contributed by atoms with Crippen molar-refractivity contribution in [1.29, 1.82) is 0 Å². The van der Waals surface area contributed by atoms with E-state index < -0.39 is 0 Å². The van der Waals surface area contributed by atoms with Gasteiger partial charge >= 0.3 is 0 Å². The number of anilines is 2. The predicted octanol–water partition coefficient (Wildman–Crippen LogP) is 7.51. The Morgan fingerprint density at radius 2 is 1.84 bits per heavy atom. The molecule has 0 saturated heterocycles. The van der Waals surface area contributed by atoms with Crippen molar-refractivity contribution in [1.82, 2.24) is 4.98 Å². The van der Waals surface area contributed by atoms with E-state index in [9.17, 15) is 5.21 Å². The van der Waals surface area contributed by atoms with Crippen LogP contribution >= 0.6 is 11.6 Å².